The van der Waals surface area contributed by atoms with Gasteiger partial charge in [-0.2, -0.15) is 0 Å². The van der Waals surface area contributed by atoms with Gasteiger partial charge in [0.2, 0.25) is 5.91 Å². The van der Waals surface area contributed by atoms with Crippen molar-refractivity contribution in [1.29, 1.82) is 0 Å². The molecule has 3 saturated heterocycles. The third-order valence-corrected chi connectivity index (χ3v) is 5.40. The number of carbonyl (C=O) groups excluding carboxylic acids is 1. The smallest absolute Gasteiger partial charge is 0.229 e. The SMILES string of the molecule is O=C(Nc1ccccc1)[C@H]1CN2CC[C@@H]1C[C@@H]2Cn1cc(CO)nn1. The van der Waals surface area contributed by atoms with Crippen LogP contribution >= 0.6 is 0 Å². The number of rotatable bonds is 5. The number of nitrogens with one attached hydrogen (secondary N) is 1. The molecule has 1 unspecified atom stereocenters. The summed E-state index contributed by atoms with van der Waals surface area (Å²) in [4.78, 5) is 15.1. The molecule has 5 rings (SSSR count). The van der Waals surface area contributed by atoms with Crippen molar-refractivity contribution in [3.8, 4) is 0 Å². The van der Waals surface area contributed by atoms with Gasteiger partial charge in [0.05, 0.1) is 25.3 Å². The van der Waals surface area contributed by atoms with Gasteiger partial charge in [-0.3, -0.25) is 14.4 Å². The maximum absolute atomic E-state index is 12.7. The van der Waals surface area contributed by atoms with Crippen molar-refractivity contribution in [2.24, 2.45) is 11.8 Å². The van der Waals surface area contributed by atoms with Crippen molar-refractivity contribution in [1.82, 2.24) is 19.9 Å². The van der Waals surface area contributed by atoms with E-state index in [0.29, 0.717) is 17.7 Å². The summed E-state index contributed by atoms with van der Waals surface area (Å²) in [7, 11) is 0. The van der Waals surface area contributed by atoms with E-state index in [9.17, 15) is 4.79 Å². The van der Waals surface area contributed by atoms with Gasteiger partial charge in [0.1, 0.15) is 5.69 Å². The minimum absolute atomic E-state index is 0.0500. The Hall–Kier alpha value is -2.25. The highest BCUT2D eigenvalue weighted by molar-refractivity contribution is 5.93. The lowest BCUT2D eigenvalue weighted by molar-refractivity contribution is -0.127. The first-order valence-electron chi connectivity index (χ1n) is 8.83. The Labute approximate surface area is 146 Å². The van der Waals surface area contributed by atoms with Crippen molar-refractivity contribution in [2.45, 2.75) is 32.0 Å². The van der Waals surface area contributed by atoms with E-state index in [1.54, 1.807) is 10.9 Å². The predicted octanol–water partition coefficient (Wildman–Crippen LogP) is 1.12. The van der Waals surface area contributed by atoms with Crippen LogP contribution in [0.25, 0.3) is 0 Å². The molecule has 0 saturated carbocycles. The first-order valence-corrected chi connectivity index (χ1v) is 8.83. The monoisotopic (exact) mass is 341 g/mol. The number of aliphatic hydroxyl groups excluding tert-OH is 1. The number of anilines is 1. The highest BCUT2D eigenvalue weighted by atomic mass is 16.3. The predicted molar refractivity (Wildman–Crippen MR) is 92.6 cm³/mol. The third kappa shape index (κ3) is 3.43. The highest BCUT2D eigenvalue weighted by Gasteiger charge is 2.43. The zero-order valence-corrected chi connectivity index (χ0v) is 14.1. The van der Waals surface area contributed by atoms with Crippen molar-refractivity contribution in [3.63, 3.8) is 0 Å². The van der Waals surface area contributed by atoms with Crippen LogP contribution in [0, 0.1) is 11.8 Å². The van der Waals surface area contributed by atoms with Crippen LogP contribution in [0.5, 0.6) is 0 Å². The molecule has 7 nitrogen and oxygen atoms in total. The summed E-state index contributed by atoms with van der Waals surface area (Å²) in [5.41, 5.74) is 1.45. The molecule has 1 aromatic heterocycles. The van der Waals surface area contributed by atoms with E-state index in [0.717, 1.165) is 38.2 Å². The average molecular weight is 341 g/mol. The molecule has 25 heavy (non-hydrogen) atoms. The lowest BCUT2D eigenvalue weighted by atomic mass is 9.75. The summed E-state index contributed by atoms with van der Waals surface area (Å²) in [5.74, 6) is 0.594. The van der Waals surface area contributed by atoms with Crippen LogP contribution in [0.15, 0.2) is 36.5 Å². The van der Waals surface area contributed by atoms with Gasteiger partial charge >= 0.3 is 0 Å². The topological polar surface area (TPSA) is 83.3 Å². The van der Waals surface area contributed by atoms with Crippen LogP contribution in [0.2, 0.25) is 0 Å². The molecule has 1 amide bonds. The Morgan fingerprint density at radius 3 is 2.84 bits per heavy atom. The zero-order valence-electron chi connectivity index (χ0n) is 14.1. The van der Waals surface area contributed by atoms with Crippen LogP contribution < -0.4 is 5.32 Å². The number of amides is 1. The van der Waals surface area contributed by atoms with Gasteiger partial charge in [0.25, 0.3) is 0 Å². The van der Waals surface area contributed by atoms with Gasteiger partial charge in [0.15, 0.2) is 0 Å². The molecule has 3 aliphatic rings. The maximum Gasteiger partial charge on any atom is 0.229 e. The standard InChI is InChI=1S/C18H23N5O2/c24-12-15-9-23(21-20-15)10-16-8-13-6-7-22(16)11-17(13)18(25)19-14-4-2-1-3-5-14/h1-5,9,13,16-17,24H,6-8,10-12H2,(H,19,25)/t13-,16-,17+/m1/s1. The molecular weight excluding hydrogens is 318 g/mol. The lowest BCUT2D eigenvalue weighted by Crippen LogP contribution is -2.57. The largest absolute Gasteiger partial charge is 0.390 e. The number of hydrogen-bond acceptors (Lipinski definition) is 5. The van der Waals surface area contributed by atoms with E-state index in [1.165, 1.54) is 0 Å². The number of aliphatic hydroxyl groups is 1. The Balaban J connectivity index is 1.38. The molecule has 0 radical (unpaired) electrons. The van der Waals surface area contributed by atoms with Crippen LogP contribution in [-0.4, -0.2) is 50.0 Å². The van der Waals surface area contributed by atoms with Crippen LogP contribution in [-0.2, 0) is 17.9 Å². The second-order valence-electron chi connectivity index (χ2n) is 6.99. The van der Waals surface area contributed by atoms with E-state index >= 15 is 0 Å². The molecule has 132 valence electrons. The second kappa shape index (κ2) is 6.93. The molecule has 0 aliphatic carbocycles. The number of piperidine rings is 3. The van der Waals surface area contributed by atoms with Crippen molar-refractivity contribution < 1.29 is 9.90 Å². The first-order chi connectivity index (χ1) is 12.2. The molecule has 3 aliphatic heterocycles. The van der Waals surface area contributed by atoms with Crippen LogP contribution in [0.3, 0.4) is 0 Å². The number of carbonyl (C=O) groups is 1. The van der Waals surface area contributed by atoms with Gasteiger partial charge in [0, 0.05) is 18.3 Å². The van der Waals surface area contributed by atoms with E-state index in [4.69, 9.17) is 5.11 Å². The van der Waals surface area contributed by atoms with E-state index in [2.05, 4.69) is 20.5 Å². The number of fused-ring (bicyclic) bond motifs is 3. The van der Waals surface area contributed by atoms with Gasteiger partial charge in [-0.15, -0.1) is 5.10 Å². The van der Waals surface area contributed by atoms with Gasteiger partial charge in [-0.05, 0) is 37.4 Å². The minimum Gasteiger partial charge on any atom is -0.390 e. The summed E-state index contributed by atoms with van der Waals surface area (Å²) >= 11 is 0. The Kier molecular flexibility index (Phi) is 4.50. The van der Waals surface area contributed by atoms with Crippen molar-refractivity contribution in [3.05, 3.63) is 42.2 Å². The summed E-state index contributed by atoms with van der Waals surface area (Å²) in [6.07, 6.45) is 3.87. The molecule has 2 bridgehead atoms. The fourth-order valence-corrected chi connectivity index (χ4v) is 4.10. The molecule has 3 fully saturated rings. The van der Waals surface area contributed by atoms with E-state index in [1.807, 2.05) is 30.3 Å². The first kappa shape index (κ1) is 16.2. The molecule has 0 spiro atoms. The number of para-hydroxylation sites is 1. The summed E-state index contributed by atoms with van der Waals surface area (Å²) in [6.45, 7) is 2.51. The van der Waals surface area contributed by atoms with Gasteiger partial charge in [-0.1, -0.05) is 23.4 Å². The number of hydrogen-bond donors (Lipinski definition) is 2. The molecule has 1 aromatic carbocycles. The molecule has 7 heteroatoms. The minimum atomic E-state index is -0.0846. The lowest BCUT2D eigenvalue weighted by Gasteiger charge is -2.49. The van der Waals surface area contributed by atoms with Crippen LogP contribution in [0.4, 0.5) is 5.69 Å². The number of aromatic nitrogens is 3. The number of benzene rings is 1. The summed E-state index contributed by atoms with van der Waals surface area (Å²) in [6, 6.07) is 10.0. The Bertz CT molecular complexity index is 732. The zero-order chi connectivity index (χ0) is 17.2. The number of nitrogens with zero attached hydrogens (tertiary/aromatic N) is 4. The fourth-order valence-electron chi connectivity index (χ4n) is 4.10. The summed E-state index contributed by atoms with van der Waals surface area (Å²) in [5, 5.41) is 20.2. The Morgan fingerprint density at radius 1 is 1.32 bits per heavy atom. The molecule has 4 atom stereocenters. The van der Waals surface area contributed by atoms with E-state index < -0.39 is 0 Å². The highest BCUT2D eigenvalue weighted by Crippen LogP contribution is 2.37. The second-order valence-corrected chi connectivity index (χ2v) is 6.99. The van der Waals surface area contributed by atoms with Crippen LogP contribution in [0.1, 0.15) is 18.5 Å². The summed E-state index contributed by atoms with van der Waals surface area (Å²) < 4.78 is 1.80. The van der Waals surface area contributed by atoms with Gasteiger partial charge < -0.3 is 10.4 Å². The van der Waals surface area contributed by atoms with Crippen molar-refractivity contribution >= 4 is 11.6 Å². The Morgan fingerprint density at radius 2 is 2.16 bits per heavy atom. The molecule has 2 N–H and O–H groups in total. The van der Waals surface area contributed by atoms with Crippen molar-refractivity contribution in [2.75, 3.05) is 18.4 Å². The van der Waals surface area contributed by atoms with Gasteiger partial charge in [-0.25, -0.2) is 0 Å². The average Bonchev–Trinajstić information content (AvgIpc) is 3.10. The molecule has 2 aromatic rings. The third-order valence-electron chi connectivity index (χ3n) is 5.40. The normalized spacial score (nSPS) is 28.0. The maximum atomic E-state index is 12.7. The molecule has 4 heterocycles. The molecular formula is C18H23N5O2. The fraction of sp³-hybridized carbons (Fsp3) is 0.500. The van der Waals surface area contributed by atoms with E-state index in [-0.39, 0.29) is 18.4 Å². The quantitative estimate of drug-likeness (QED) is 0.851.